The average molecular weight is 179 g/mol. The van der Waals surface area contributed by atoms with Crippen LogP contribution in [0.2, 0.25) is 0 Å². The molecule has 2 atom stereocenters. The van der Waals surface area contributed by atoms with Crippen molar-refractivity contribution in [3.8, 4) is 0 Å². The summed E-state index contributed by atoms with van der Waals surface area (Å²) in [7, 11) is 0. The molecule has 0 aromatic carbocycles. The molecule has 1 saturated carbocycles. The summed E-state index contributed by atoms with van der Waals surface area (Å²) >= 11 is 0. The molecule has 1 fully saturated rings. The Balaban J connectivity index is 2.21. The molecule has 3 N–H and O–H groups in total. The van der Waals surface area contributed by atoms with Gasteiger partial charge in [-0.05, 0) is 18.8 Å². The highest BCUT2D eigenvalue weighted by Gasteiger charge is 2.39. The monoisotopic (exact) mass is 179 g/mol. The summed E-state index contributed by atoms with van der Waals surface area (Å²) in [5.74, 6) is 2.27. The van der Waals surface area contributed by atoms with E-state index in [1.807, 2.05) is 0 Å². The van der Waals surface area contributed by atoms with Gasteiger partial charge in [-0.1, -0.05) is 20.3 Å². The third kappa shape index (κ3) is 1.32. The maximum absolute atomic E-state index is 5.76. The lowest BCUT2D eigenvalue weighted by Crippen LogP contribution is -1.93. The van der Waals surface area contributed by atoms with E-state index >= 15 is 0 Å². The zero-order chi connectivity index (χ0) is 9.42. The number of aromatic nitrogens is 2. The zero-order valence-electron chi connectivity index (χ0n) is 8.30. The normalized spacial score (nSPS) is 26.3. The molecule has 3 nitrogen and oxygen atoms in total. The maximum Gasteiger partial charge on any atom is 0.148 e. The second kappa shape index (κ2) is 3.05. The average Bonchev–Trinajstić information content (AvgIpc) is 2.83. The Labute approximate surface area is 78.7 Å². The van der Waals surface area contributed by atoms with Gasteiger partial charge in [-0.25, -0.2) is 0 Å². The zero-order valence-corrected chi connectivity index (χ0v) is 8.30. The Morgan fingerprint density at radius 2 is 2.31 bits per heavy atom. The lowest BCUT2D eigenvalue weighted by molar-refractivity contribution is 0.750. The molecule has 1 heterocycles. The van der Waals surface area contributed by atoms with Crippen LogP contribution in [0.15, 0.2) is 0 Å². The minimum atomic E-state index is 0.694. The van der Waals surface area contributed by atoms with Gasteiger partial charge in [-0.3, -0.25) is 5.10 Å². The number of anilines is 1. The number of hydrogen-bond donors (Lipinski definition) is 2. The summed E-state index contributed by atoms with van der Waals surface area (Å²) in [6.07, 6.45) is 3.57. The molecule has 0 amide bonds. The molecule has 0 bridgehead atoms. The fourth-order valence-electron chi connectivity index (χ4n) is 2.12. The first-order valence-electron chi connectivity index (χ1n) is 5.10. The van der Waals surface area contributed by atoms with Gasteiger partial charge in [-0.15, -0.1) is 0 Å². The molecule has 2 rings (SSSR count). The SMILES string of the molecule is CCc1c(N)n[nH]c1C1CC1CC. The standard InChI is InChI=1S/C10H17N3/c1-3-6-5-8(6)9-7(4-2)10(11)13-12-9/h6,8H,3-5H2,1-2H3,(H3,11,12,13). The van der Waals surface area contributed by atoms with Gasteiger partial charge in [0.15, 0.2) is 0 Å². The van der Waals surface area contributed by atoms with E-state index in [2.05, 4.69) is 24.0 Å². The number of nitrogen functional groups attached to an aromatic ring is 1. The Bertz CT molecular complexity index is 303. The number of aromatic amines is 1. The number of nitrogens with two attached hydrogens (primary N) is 1. The number of nitrogens with zero attached hydrogens (tertiary/aromatic N) is 1. The first-order chi connectivity index (χ1) is 6.27. The molecule has 1 aromatic rings. The van der Waals surface area contributed by atoms with Gasteiger partial charge in [0.1, 0.15) is 5.82 Å². The summed E-state index contributed by atoms with van der Waals surface area (Å²) in [5.41, 5.74) is 8.30. The fraction of sp³-hybridized carbons (Fsp3) is 0.700. The Morgan fingerprint density at radius 1 is 1.54 bits per heavy atom. The third-order valence-corrected chi connectivity index (χ3v) is 3.10. The maximum atomic E-state index is 5.76. The molecule has 1 aliphatic carbocycles. The summed E-state index contributed by atoms with van der Waals surface area (Å²) in [5, 5.41) is 7.15. The van der Waals surface area contributed by atoms with E-state index in [9.17, 15) is 0 Å². The highest BCUT2D eigenvalue weighted by molar-refractivity contribution is 5.44. The Kier molecular flexibility index (Phi) is 2.02. The van der Waals surface area contributed by atoms with Gasteiger partial charge in [0.2, 0.25) is 0 Å². The molecule has 72 valence electrons. The smallest absolute Gasteiger partial charge is 0.148 e. The van der Waals surface area contributed by atoms with Crippen molar-refractivity contribution >= 4 is 5.82 Å². The van der Waals surface area contributed by atoms with Crippen LogP contribution < -0.4 is 5.73 Å². The highest BCUT2D eigenvalue weighted by Crippen LogP contribution is 2.50. The van der Waals surface area contributed by atoms with E-state index in [0.29, 0.717) is 11.7 Å². The quantitative estimate of drug-likeness (QED) is 0.746. The number of hydrogen-bond acceptors (Lipinski definition) is 2. The molecular weight excluding hydrogens is 162 g/mol. The van der Waals surface area contributed by atoms with Crippen LogP contribution in [0.3, 0.4) is 0 Å². The van der Waals surface area contributed by atoms with Gasteiger partial charge in [0, 0.05) is 17.2 Å². The van der Waals surface area contributed by atoms with Crippen molar-refractivity contribution in [2.75, 3.05) is 5.73 Å². The van der Waals surface area contributed by atoms with Crippen LogP contribution in [0.4, 0.5) is 5.82 Å². The van der Waals surface area contributed by atoms with Crippen LogP contribution in [-0.2, 0) is 6.42 Å². The highest BCUT2D eigenvalue weighted by atomic mass is 15.2. The first kappa shape index (κ1) is 8.60. The molecule has 2 unspecified atom stereocenters. The predicted octanol–water partition coefficient (Wildman–Crippen LogP) is 2.07. The molecule has 13 heavy (non-hydrogen) atoms. The van der Waals surface area contributed by atoms with Crippen LogP contribution in [0.25, 0.3) is 0 Å². The van der Waals surface area contributed by atoms with Crippen LogP contribution in [-0.4, -0.2) is 10.2 Å². The van der Waals surface area contributed by atoms with Crippen molar-refractivity contribution in [2.24, 2.45) is 5.92 Å². The first-order valence-corrected chi connectivity index (χ1v) is 5.10. The van der Waals surface area contributed by atoms with E-state index in [-0.39, 0.29) is 0 Å². The van der Waals surface area contributed by atoms with Crippen molar-refractivity contribution in [2.45, 2.75) is 39.0 Å². The van der Waals surface area contributed by atoms with Crippen molar-refractivity contribution in [1.29, 1.82) is 0 Å². The Hall–Kier alpha value is -0.990. The van der Waals surface area contributed by atoms with Crippen LogP contribution in [0, 0.1) is 5.92 Å². The molecule has 0 radical (unpaired) electrons. The van der Waals surface area contributed by atoms with E-state index < -0.39 is 0 Å². The molecule has 0 aliphatic heterocycles. The lowest BCUT2D eigenvalue weighted by Gasteiger charge is -1.98. The fourth-order valence-corrected chi connectivity index (χ4v) is 2.12. The van der Waals surface area contributed by atoms with Crippen molar-refractivity contribution in [3.05, 3.63) is 11.3 Å². The topological polar surface area (TPSA) is 54.7 Å². The lowest BCUT2D eigenvalue weighted by atomic mass is 10.1. The number of nitrogens with one attached hydrogen (secondary N) is 1. The van der Waals surface area contributed by atoms with Gasteiger partial charge >= 0.3 is 0 Å². The van der Waals surface area contributed by atoms with Gasteiger partial charge in [0.25, 0.3) is 0 Å². The second-order valence-corrected chi connectivity index (χ2v) is 3.87. The van der Waals surface area contributed by atoms with E-state index in [4.69, 9.17) is 5.73 Å². The minimum absolute atomic E-state index is 0.694. The molecule has 0 saturated heterocycles. The molecule has 1 aliphatic rings. The van der Waals surface area contributed by atoms with E-state index in [1.54, 1.807) is 0 Å². The Morgan fingerprint density at radius 3 is 2.85 bits per heavy atom. The van der Waals surface area contributed by atoms with Crippen molar-refractivity contribution in [3.63, 3.8) is 0 Å². The molecule has 0 spiro atoms. The molecular formula is C10H17N3. The summed E-state index contributed by atoms with van der Waals surface area (Å²) in [4.78, 5) is 0. The van der Waals surface area contributed by atoms with Crippen LogP contribution >= 0.6 is 0 Å². The van der Waals surface area contributed by atoms with Gasteiger partial charge in [0.05, 0.1) is 0 Å². The van der Waals surface area contributed by atoms with Crippen LogP contribution in [0.1, 0.15) is 43.9 Å². The van der Waals surface area contributed by atoms with Crippen molar-refractivity contribution < 1.29 is 0 Å². The van der Waals surface area contributed by atoms with E-state index in [0.717, 1.165) is 12.3 Å². The predicted molar refractivity (Wildman–Crippen MR) is 53.5 cm³/mol. The van der Waals surface area contributed by atoms with Crippen molar-refractivity contribution in [1.82, 2.24) is 10.2 Å². The number of rotatable bonds is 3. The molecule has 3 heteroatoms. The van der Waals surface area contributed by atoms with Gasteiger partial charge in [-0.2, -0.15) is 5.10 Å². The third-order valence-electron chi connectivity index (χ3n) is 3.10. The largest absolute Gasteiger partial charge is 0.382 e. The summed E-state index contributed by atoms with van der Waals surface area (Å²) in [6.45, 7) is 4.38. The van der Waals surface area contributed by atoms with Gasteiger partial charge < -0.3 is 5.73 Å². The summed E-state index contributed by atoms with van der Waals surface area (Å²) < 4.78 is 0. The summed E-state index contributed by atoms with van der Waals surface area (Å²) in [6, 6.07) is 0. The minimum Gasteiger partial charge on any atom is -0.382 e. The van der Waals surface area contributed by atoms with Crippen LogP contribution in [0.5, 0.6) is 0 Å². The van der Waals surface area contributed by atoms with E-state index in [1.165, 1.54) is 24.1 Å². The number of H-pyrrole nitrogens is 1. The second-order valence-electron chi connectivity index (χ2n) is 3.87. The molecule has 1 aromatic heterocycles.